The normalized spacial score (nSPS) is 15.2. The monoisotopic (exact) mass is 632 g/mol. The highest BCUT2D eigenvalue weighted by molar-refractivity contribution is 7.68. The summed E-state index contributed by atoms with van der Waals surface area (Å²) in [6.07, 6.45) is 6.54. The highest BCUT2D eigenvalue weighted by atomic mass is 31.1. The molecule has 0 saturated heterocycles. The second kappa shape index (κ2) is 15.3. The molecule has 45 heavy (non-hydrogen) atoms. The molecule has 0 radical (unpaired) electrons. The van der Waals surface area contributed by atoms with Crippen molar-refractivity contribution in [3.8, 4) is 45.3 Å². The molecule has 1 saturated carbocycles. The molecule has 0 amide bonds. The Labute approximate surface area is 275 Å². The van der Waals surface area contributed by atoms with Crippen molar-refractivity contribution in [2.45, 2.75) is 143 Å². The molecule has 0 heterocycles. The molecule has 0 N–H and O–H groups in total. The topological polar surface area (TPSA) is 36.9 Å². The molecule has 0 spiro atoms. The molecule has 246 valence electrons. The third kappa shape index (κ3) is 8.76. The van der Waals surface area contributed by atoms with Crippen LogP contribution in [-0.4, -0.2) is 35.2 Å². The van der Waals surface area contributed by atoms with Crippen molar-refractivity contribution in [3.63, 3.8) is 0 Å². The Kier molecular flexibility index (Phi) is 11.9. The summed E-state index contributed by atoms with van der Waals surface area (Å²) >= 11 is 0. The summed E-state index contributed by atoms with van der Waals surface area (Å²) in [7, 11) is -0.657. The van der Waals surface area contributed by atoms with Crippen LogP contribution >= 0.6 is 7.92 Å². The second-order valence-corrected chi connectivity index (χ2v) is 17.7. The smallest absolute Gasteiger partial charge is 0.131 e. The Hall–Kier alpha value is -2.71. The summed E-state index contributed by atoms with van der Waals surface area (Å²) in [5.74, 6) is 3.44. The van der Waals surface area contributed by atoms with Gasteiger partial charge in [0, 0.05) is 0 Å². The maximum Gasteiger partial charge on any atom is 0.131 e. The van der Waals surface area contributed by atoms with Crippen molar-refractivity contribution < 1.29 is 18.9 Å². The number of hydrogen-bond acceptors (Lipinski definition) is 4. The molecule has 0 aliphatic heterocycles. The minimum Gasteiger partial charge on any atom is -0.490 e. The van der Waals surface area contributed by atoms with E-state index in [9.17, 15) is 0 Å². The van der Waals surface area contributed by atoms with Crippen LogP contribution < -0.4 is 24.3 Å². The molecule has 1 unspecified atom stereocenters. The molecule has 3 aromatic carbocycles. The van der Waals surface area contributed by atoms with E-state index in [1.54, 1.807) is 0 Å². The fourth-order valence-electron chi connectivity index (χ4n) is 6.57. The lowest BCUT2D eigenvalue weighted by atomic mass is 9.96. The number of rotatable bonds is 12. The van der Waals surface area contributed by atoms with E-state index in [-0.39, 0.29) is 29.6 Å². The third-order valence-corrected chi connectivity index (χ3v) is 11.6. The van der Waals surface area contributed by atoms with Gasteiger partial charge in [0.25, 0.3) is 0 Å². The first-order valence-corrected chi connectivity index (χ1v) is 18.5. The van der Waals surface area contributed by atoms with Crippen molar-refractivity contribution in [2.75, 3.05) is 0 Å². The van der Waals surface area contributed by atoms with Crippen LogP contribution in [0.5, 0.6) is 23.0 Å². The van der Waals surface area contributed by atoms with Gasteiger partial charge in [0.1, 0.15) is 23.0 Å². The van der Waals surface area contributed by atoms with Gasteiger partial charge in [-0.25, -0.2) is 0 Å². The zero-order chi connectivity index (χ0) is 32.9. The lowest BCUT2D eigenvalue weighted by Crippen LogP contribution is -2.31. The van der Waals surface area contributed by atoms with Crippen LogP contribution in [0, 0.1) is 0 Å². The summed E-state index contributed by atoms with van der Waals surface area (Å²) in [6, 6.07) is 19.3. The minimum absolute atomic E-state index is 0.0263. The van der Waals surface area contributed by atoms with E-state index in [2.05, 4.69) is 131 Å². The van der Waals surface area contributed by atoms with Gasteiger partial charge in [0.2, 0.25) is 0 Å². The van der Waals surface area contributed by atoms with E-state index < -0.39 is 7.92 Å². The average molecular weight is 633 g/mol. The zero-order valence-electron chi connectivity index (χ0n) is 29.7. The Balaban J connectivity index is 2.18. The fourth-order valence-corrected chi connectivity index (χ4v) is 10.5. The zero-order valence-corrected chi connectivity index (χ0v) is 30.6. The van der Waals surface area contributed by atoms with Crippen LogP contribution in [0.3, 0.4) is 0 Å². The van der Waals surface area contributed by atoms with Gasteiger partial charge in [0.15, 0.2) is 0 Å². The first kappa shape index (κ1) is 35.1. The number of hydrogen-bond donors (Lipinski definition) is 0. The SMILES string of the molecule is CC(C)Oc1cccc(OC(C)C)c1-c1cccc(-c2c(OC(C)C)cccc2OC(C)C)c1P(C1CCCCC1)C(C)(C)C. The van der Waals surface area contributed by atoms with E-state index in [0.29, 0.717) is 5.66 Å². The third-order valence-electron chi connectivity index (χ3n) is 7.90. The van der Waals surface area contributed by atoms with Gasteiger partial charge in [-0.05, 0) is 120 Å². The first-order valence-electron chi connectivity index (χ1n) is 17.1. The van der Waals surface area contributed by atoms with E-state index in [4.69, 9.17) is 18.9 Å². The van der Waals surface area contributed by atoms with Crippen LogP contribution in [0.2, 0.25) is 0 Å². The van der Waals surface area contributed by atoms with Gasteiger partial charge in [-0.15, -0.1) is 0 Å². The maximum absolute atomic E-state index is 6.56. The Morgan fingerprint density at radius 1 is 0.533 bits per heavy atom. The van der Waals surface area contributed by atoms with Gasteiger partial charge >= 0.3 is 0 Å². The van der Waals surface area contributed by atoms with Gasteiger partial charge in [-0.1, -0.05) is 78.3 Å². The quantitative estimate of drug-likeness (QED) is 0.186. The summed E-state index contributed by atoms with van der Waals surface area (Å²) in [5, 5.41) is 1.45. The Bertz CT molecular complexity index is 1250. The van der Waals surface area contributed by atoms with Crippen molar-refractivity contribution in [3.05, 3.63) is 54.6 Å². The van der Waals surface area contributed by atoms with Crippen LogP contribution in [0.1, 0.15) is 108 Å². The van der Waals surface area contributed by atoms with Crippen molar-refractivity contribution >= 4 is 13.2 Å². The van der Waals surface area contributed by atoms with Gasteiger partial charge in [-0.2, -0.15) is 0 Å². The molecule has 3 aromatic rings. The van der Waals surface area contributed by atoms with Crippen LogP contribution in [0.25, 0.3) is 22.3 Å². The van der Waals surface area contributed by atoms with Gasteiger partial charge in [0.05, 0.1) is 35.5 Å². The molecule has 1 atom stereocenters. The highest BCUT2D eigenvalue weighted by Gasteiger charge is 2.38. The molecule has 1 aliphatic rings. The molecule has 1 aliphatic carbocycles. The average Bonchev–Trinajstić information content (AvgIpc) is 2.93. The Morgan fingerprint density at radius 2 is 0.867 bits per heavy atom. The molecule has 0 bridgehead atoms. The molecule has 0 aromatic heterocycles. The highest BCUT2D eigenvalue weighted by Crippen LogP contribution is 2.61. The van der Waals surface area contributed by atoms with Crippen LogP contribution in [0.15, 0.2) is 54.6 Å². The standard InChI is InChI=1S/C40H57O4P/c1-26(2)41-33-22-16-23-34(42-27(3)4)37(33)31-20-15-21-32(39(31)45(40(9,10)11)30-18-13-12-14-19-30)38-35(43-28(5)6)24-17-25-36(38)44-29(7)8/h15-17,20-30H,12-14,18-19H2,1-11H3. The lowest BCUT2D eigenvalue weighted by Gasteiger charge is -2.42. The fraction of sp³-hybridized carbons (Fsp3) is 0.550. The first-order chi connectivity index (χ1) is 21.3. The van der Waals surface area contributed by atoms with Crippen molar-refractivity contribution in [1.29, 1.82) is 0 Å². The maximum atomic E-state index is 6.56. The predicted octanol–water partition coefficient (Wildman–Crippen LogP) is 11.4. The summed E-state index contributed by atoms with van der Waals surface area (Å²) in [6.45, 7) is 24.1. The minimum atomic E-state index is -0.657. The van der Waals surface area contributed by atoms with E-state index >= 15 is 0 Å². The number of benzene rings is 3. The molecule has 1 fully saturated rings. The van der Waals surface area contributed by atoms with Crippen molar-refractivity contribution in [2.24, 2.45) is 0 Å². The summed E-state index contributed by atoms with van der Waals surface area (Å²) in [5.41, 5.74) is 5.09. The number of ether oxygens (including phenoxy) is 4. The second-order valence-electron chi connectivity index (χ2n) is 14.5. The molecule has 5 heteroatoms. The van der Waals surface area contributed by atoms with E-state index in [1.807, 2.05) is 0 Å². The molecule has 4 rings (SSSR count). The van der Waals surface area contributed by atoms with E-state index in [1.165, 1.54) is 48.5 Å². The predicted molar refractivity (Wildman–Crippen MR) is 194 cm³/mol. The summed E-state index contributed by atoms with van der Waals surface area (Å²) < 4.78 is 26.3. The van der Waals surface area contributed by atoms with Crippen molar-refractivity contribution in [1.82, 2.24) is 0 Å². The van der Waals surface area contributed by atoms with Gasteiger partial charge in [-0.3, -0.25) is 0 Å². The molecular formula is C40H57O4P. The van der Waals surface area contributed by atoms with Crippen LogP contribution in [0.4, 0.5) is 0 Å². The van der Waals surface area contributed by atoms with Crippen LogP contribution in [-0.2, 0) is 0 Å². The largest absolute Gasteiger partial charge is 0.490 e. The Morgan fingerprint density at radius 3 is 1.18 bits per heavy atom. The van der Waals surface area contributed by atoms with Gasteiger partial charge < -0.3 is 18.9 Å². The molecular weight excluding hydrogens is 575 g/mol. The summed E-state index contributed by atoms with van der Waals surface area (Å²) in [4.78, 5) is 0. The molecule has 4 nitrogen and oxygen atoms in total. The van der Waals surface area contributed by atoms with E-state index in [0.717, 1.165) is 34.1 Å². The lowest BCUT2D eigenvalue weighted by molar-refractivity contribution is 0.231.